The van der Waals surface area contributed by atoms with Gasteiger partial charge in [-0.2, -0.15) is 0 Å². The number of likely N-dealkylation sites (tertiary alicyclic amines) is 1. The zero-order chi connectivity index (χ0) is 25.7. The minimum Gasteiger partial charge on any atom is -0.504 e. The molecule has 1 N–H and O–H groups in total. The van der Waals surface area contributed by atoms with E-state index in [1.165, 1.54) is 0 Å². The van der Waals surface area contributed by atoms with Gasteiger partial charge >= 0.3 is 0 Å². The lowest BCUT2D eigenvalue weighted by Gasteiger charge is -2.39. The molecule has 36 heavy (non-hydrogen) atoms. The van der Waals surface area contributed by atoms with Crippen molar-refractivity contribution in [2.75, 3.05) is 39.3 Å². The molecule has 1 aliphatic heterocycles. The van der Waals surface area contributed by atoms with E-state index in [0.717, 1.165) is 42.7 Å². The predicted molar refractivity (Wildman–Crippen MR) is 140 cm³/mol. The summed E-state index contributed by atoms with van der Waals surface area (Å²) in [5, 5.41) is 10.5. The molecule has 1 amide bonds. The maximum Gasteiger partial charge on any atom is 0.258 e. The topological polar surface area (TPSA) is 71.5 Å². The summed E-state index contributed by atoms with van der Waals surface area (Å²) in [6.07, 6.45) is 1.60. The van der Waals surface area contributed by atoms with Crippen molar-refractivity contribution in [1.82, 2.24) is 4.90 Å². The molecule has 0 radical (unpaired) electrons. The lowest BCUT2D eigenvalue weighted by molar-refractivity contribution is 0.0958. The van der Waals surface area contributed by atoms with Crippen LogP contribution in [0.15, 0.2) is 60.7 Å². The standard InChI is InChI=1S/C29H34N2O5/c1-20-7-5-8-21(17-20)29(33)31(24-11-12-25(34-2)27(18-24)36-4)23-13-15-30(16-14-23)19-22-9-6-10-26(35-3)28(22)32/h5-12,17-18,23,32H,13-16,19H2,1-4H3. The smallest absolute Gasteiger partial charge is 0.258 e. The summed E-state index contributed by atoms with van der Waals surface area (Å²) in [5.41, 5.74) is 3.32. The molecule has 0 aromatic heterocycles. The Kier molecular flexibility index (Phi) is 8.00. The second kappa shape index (κ2) is 11.4. The van der Waals surface area contributed by atoms with Gasteiger partial charge in [-0.1, -0.05) is 29.8 Å². The molecule has 0 unspecified atom stereocenters. The summed E-state index contributed by atoms with van der Waals surface area (Å²) < 4.78 is 16.2. The van der Waals surface area contributed by atoms with E-state index in [1.807, 2.05) is 66.4 Å². The quantitative estimate of drug-likeness (QED) is 0.477. The van der Waals surface area contributed by atoms with Crippen molar-refractivity contribution in [2.45, 2.75) is 32.4 Å². The van der Waals surface area contributed by atoms with E-state index in [0.29, 0.717) is 29.4 Å². The molecular weight excluding hydrogens is 456 g/mol. The third kappa shape index (κ3) is 5.41. The van der Waals surface area contributed by atoms with Gasteiger partial charge in [-0.3, -0.25) is 9.69 Å². The molecular formula is C29H34N2O5. The van der Waals surface area contributed by atoms with Crippen LogP contribution in [0.5, 0.6) is 23.0 Å². The molecule has 3 aromatic rings. The van der Waals surface area contributed by atoms with Crippen molar-refractivity contribution >= 4 is 11.6 Å². The van der Waals surface area contributed by atoms with Gasteiger partial charge in [0, 0.05) is 48.6 Å². The van der Waals surface area contributed by atoms with Gasteiger partial charge in [0.15, 0.2) is 23.0 Å². The molecule has 7 heteroatoms. The van der Waals surface area contributed by atoms with Crippen LogP contribution in [0.1, 0.15) is 34.3 Å². The van der Waals surface area contributed by atoms with Crippen LogP contribution in [0, 0.1) is 6.92 Å². The van der Waals surface area contributed by atoms with Gasteiger partial charge in [0.25, 0.3) is 5.91 Å². The molecule has 190 valence electrons. The van der Waals surface area contributed by atoms with Gasteiger partial charge in [-0.05, 0) is 50.1 Å². The maximum atomic E-state index is 13.8. The zero-order valence-corrected chi connectivity index (χ0v) is 21.4. The molecule has 3 aromatic carbocycles. The Morgan fingerprint density at radius 1 is 0.917 bits per heavy atom. The number of piperidine rings is 1. The van der Waals surface area contributed by atoms with Crippen molar-refractivity contribution in [1.29, 1.82) is 0 Å². The highest BCUT2D eigenvalue weighted by atomic mass is 16.5. The van der Waals surface area contributed by atoms with Crippen LogP contribution in [0.25, 0.3) is 0 Å². The second-order valence-electron chi connectivity index (χ2n) is 9.06. The summed E-state index contributed by atoms with van der Waals surface area (Å²) >= 11 is 0. The van der Waals surface area contributed by atoms with E-state index in [-0.39, 0.29) is 17.7 Å². The van der Waals surface area contributed by atoms with Crippen molar-refractivity contribution < 1.29 is 24.1 Å². The van der Waals surface area contributed by atoms with Crippen LogP contribution in [0.4, 0.5) is 5.69 Å². The number of phenols is 1. The normalized spacial score (nSPS) is 14.3. The molecule has 7 nitrogen and oxygen atoms in total. The molecule has 0 spiro atoms. The van der Waals surface area contributed by atoms with Gasteiger partial charge < -0.3 is 24.2 Å². The molecule has 1 heterocycles. The second-order valence-corrected chi connectivity index (χ2v) is 9.06. The largest absolute Gasteiger partial charge is 0.504 e. The molecule has 0 atom stereocenters. The monoisotopic (exact) mass is 490 g/mol. The average molecular weight is 491 g/mol. The van der Waals surface area contributed by atoms with Crippen molar-refractivity contribution in [2.24, 2.45) is 0 Å². The first-order valence-electron chi connectivity index (χ1n) is 12.1. The third-order valence-corrected chi connectivity index (χ3v) is 6.75. The van der Waals surface area contributed by atoms with Gasteiger partial charge in [0.05, 0.1) is 21.3 Å². The fraction of sp³-hybridized carbons (Fsp3) is 0.345. The number of aryl methyl sites for hydroxylation is 1. The lowest BCUT2D eigenvalue weighted by Crippen LogP contribution is -2.47. The van der Waals surface area contributed by atoms with E-state index in [1.54, 1.807) is 27.4 Å². The molecule has 1 saturated heterocycles. The first kappa shape index (κ1) is 25.4. The number of carbonyl (C=O) groups excluding carboxylic acids is 1. The highest BCUT2D eigenvalue weighted by molar-refractivity contribution is 6.06. The van der Waals surface area contributed by atoms with Gasteiger partial charge in [0.2, 0.25) is 0 Å². The Hall–Kier alpha value is -3.71. The fourth-order valence-corrected chi connectivity index (χ4v) is 4.82. The molecule has 4 rings (SSSR count). The number of aromatic hydroxyl groups is 1. The minimum absolute atomic E-state index is 0.0197. The summed E-state index contributed by atoms with van der Waals surface area (Å²) in [4.78, 5) is 18.0. The Morgan fingerprint density at radius 2 is 1.61 bits per heavy atom. The Bertz CT molecular complexity index is 1200. The lowest BCUT2D eigenvalue weighted by atomic mass is 9.99. The van der Waals surface area contributed by atoms with Gasteiger partial charge in [-0.15, -0.1) is 0 Å². The van der Waals surface area contributed by atoms with Gasteiger partial charge in [0.1, 0.15) is 0 Å². The van der Waals surface area contributed by atoms with Crippen LogP contribution < -0.4 is 19.1 Å². The number of anilines is 1. The van der Waals surface area contributed by atoms with E-state index in [9.17, 15) is 9.90 Å². The number of rotatable bonds is 8. The highest BCUT2D eigenvalue weighted by Gasteiger charge is 2.31. The van der Waals surface area contributed by atoms with E-state index in [2.05, 4.69) is 4.90 Å². The SMILES string of the molecule is COc1ccc(N(C(=O)c2cccc(C)c2)C2CCN(Cc3cccc(OC)c3O)CC2)cc1OC. The summed E-state index contributed by atoms with van der Waals surface area (Å²) in [7, 11) is 4.75. The maximum absolute atomic E-state index is 13.8. The minimum atomic E-state index is -0.0326. The number of para-hydroxylation sites is 1. The molecule has 0 bridgehead atoms. The number of methoxy groups -OCH3 is 3. The van der Waals surface area contributed by atoms with Crippen LogP contribution in [-0.2, 0) is 6.54 Å². The van der Waals surface area contributed by atoms with Crippen molar-refractivity contribution in [3.8, 4) is 23.0 Å². The Labute approximate surface area is 212 Å². The predicted octanol–water partition coefficient (Wildman–Crippen LogP) is 5.04. The van der Waals surface area contributed by atoms with E-state index in [4.69, 9.17) is 14.2 Å². The highest BCUT2D eigenvalue weighted by Crippen LogP contribution is 2.35. The molecule has 0 saturated carbocycles. The number of phenolic OH excluding ortho intramolecular Hbond substituents is 1. The van der Waals surface area contributed by atoms with E-state index < -0.39 is 0 Å². The zero-order valence-electron chi connectivity index (χ0n) is 21.4. The third-order valence-electron chi connectivity index (χ3n) is 6.75. The molecule has 0 aliphatic carbocycles. The number of hydrogen-bond acceptors (Lipinski definition) is 6. The molecule has 1 fully saturated rings. The van der Waals surface area contributed by atoms with Crippen LogP contribution in [0.2, 0.25) is 0 Å². The number of amides is 1. The average Bonchev–Trinajstić information content (AvgIpc) is 2.90. The Balaban J connectivity index is 1.57. The van der Waals surface area contributed by atoms with Crippen LogP contribution in [0.3, 0.4) is 0 Å². The number of ether oxygens (including phenoxy) is 3. The van der Waals surface area contributed by atoms with Crippen molar-refractivity contribution in [3.05, 3.63) is 77.4 Å². The first-order valence-corrected chi connectivity index (χ1v) is 12.1. The first-order chi connectivity index (χ1) is 17.4. The summed E-state index contributed by atoms with van der Waals surface area (Å²) in [6.45, 7) is 4.21. The van der Waals surface area contributed by atoms with Gasteiger partial charge in [-0.25, -0.2) is 0 Å². The summed E-state index contributed by atoms with van der Waals surface area (Å²) in [6, 6.07) is 18.9. The van der Waals surface area contributed by atoms with Crippen molar-refractivity contribution in [3.63, 3.8) is 0 Å². The van der Waals surface area contributed by atoms with Crippen LogP contribution >= 0.6 is 0 Å². The number of benzene rings is 3. The van der Waals surface area contributed by atoms with E-state index >= 15 is 0 Å². The molecule has 1 aliphatic rings. The van der Waals surface area contributed by atoms with Crippen LogP contribution in [-0.4, -0.2) is 56.4 Å². The Morgan fingerprint density at radius 3 is 2.28 bits per heavy atom. The summed E-state index contributed by atoms with van der Waals surface area (Å²) in [5.74, 6) is 1.84. The number of carbonyl (C=O) groups is 1. The number of hydrogen-bond donors (Lipinski definition) is 1. The fourth-order valence-electron chi connectivity index (χ4n) is 4.82. The number of nitrogens with zero attached hydrogens (tertiary/aromatic N) is 2.